The molecule has 0 fully saturated rings. The van der Waals surface area contributed by atoms with E-state index < -0.39 is 23.3 Å². The minimum Gasteiger partial charge on any atom is -0.480 e. The lowest BCUT2D eigenvalue weighted by Gasteiger charge is -2.27. The van der Waals surface area contributed by atoms with E-state index in [2.05, 4.69) is 10.3 Å². The standard InChI is InChI=1S/C12H15ClN2O3/c1-12(2,3)9(11(17)18)15-10(16)7-4-5-14-6-8(7)13/h4-6,9H,1-3H3,(H,15,16)(H,17,18)/t9-/m0/s1. The van der Waals surface area contributed by atoms with Gasteiger partial charge >= 0.3 is 5.97 Å². The Kier molecular flexibility index (Phi) is 4.29. The summed E-state index contributed by atoms with van der Waals surface area (Å²) in [5.41, 5.74) is -0.386. The van der Waals surface area contributed by atoms with Gasteiger partial charge in [0.05, 0.1) is 10.6 Å². The number of pyridine rings is 1. The average molecular weight is 271 g/mol. The van der Waals surface area contributed by atoms with Crippen LogP contribution in [0, 0.1) is 5.41 Å². The van der Waals surface area contributed by atoms with E-state index in [0.717, 1.165) is 0 Å². The highest BCUT2D eigenvalue weighted by molar-refractivity contribution is 6.33. The van der Waals surface area contributed by atoms with Crippen molar-refractivity contribution in [2.24, 2.45) is 5.41 Å². The molecule has 18 heavy (non-hydrogen) atoms. The van der Waals surface area contributed by atoms with Crippen LogP contribution in [0.15, 0.2) is 18.5 Å². The molecule has 6 heteroatoms. The third kappa shape index (κ3) is 3.43. The number of aromatic nitrogens is 1. The van der Waals surface area contributed by atoms with Crippen LogP contribution in [0.4, 0.5) is 0 Å². The fourth-order valence-electron chi connectivity index (χ4n) is 1.42. The second-order valence-electron chi connectivity index (χ2n) is 4.97. The Hall–Kier alpha value is -1.62. The van der Waals surface area contributed by atoms with Crippen LogP contribution in [0.25, 0.3) is 0 Å². The Labute approximate surface area is 110 Å². The number of carbonyl (C=O) groups is 2. The van der Waals surface area contributed by atoms with E-state index >= 15 is 0 Å². The molecule has 0 aliphatic rings. The van der Waals surface area contributed by atoms with E-state index in [1.165, 1.54) is 18.5 Å². The number of rotatable bonds is 3. The van der Waals surface area contributed by atoms with Crippen molar-refractivity contribution < 1.29 is 14.7 Å². The van der Waals surface area contributed by atoms with Crippen LogP contribution in [0.2, 0.25) is 5.02 Å². The zero-order chi connectivity index (χ0) is 13.9. The Morgan fingerprint density at radius 1 is 1.44 bits per heavy atom. The molecule has 0 aliphatic heterocycles. The highest BCUT2D eigenvalue weighted by Gasteiger charge is 2.33. The van der Waals surface area contributed by atoms with Gasteiger partial charge in [0.2, 0.25) is 0 Å². The number of hydrogen-bond donors (Lipinski definition) is 2. The molecule has 1 atom stereocenters. The lowest BCUT2D eigenvalue weighted by atomic mass is 9.86. The monoisotopic (exact) mass is 270 g/mol. The number of halogens is 1. The van der Waals surface area contributed by atoms with Crippen LogP contribution in [0.5, 0.6) is 0 Å². The molecule has 0 saturated carbocycles. The maximum Gasteiger partial charge on any atom is 0.326 e. The quantitative estimate of drug-likeness (QED) is 0.880. The largest absolute Gasteiger partial charge is 0.480 e. The molecule has 1 aromatic rings. The van der Waals surface area contributed by atoms with Crippen molar-refractivity contribution in [3.8, 4) is 0 Å². The van der Waals surface area contributed by atoms with E-state index in [1.807, 2.05) is 0 Å². The molecule has 1 rings (SSSR count). The van der Waals surface area contributed by atoms with Gasteiger partial charge in [0.25, 0.3) is 5.91 Å². The van der Waals surface area contributed by atoms with Crippen molar-refractivity contribution in [1.29, 1.82) is 0 Å². The summed E-state index contributed by atoms with van der Waals surface area (Å²) in [6.07, 6.45) is 2.76. The SMILES string of the molecule is CC(C)(C)[C@@H](NC(=O)c1ccncc1Cl)C(=O)O. The third-order valence-electron chi connectivity index (χ3n) is 2.41. The first-order valence-electron chi connectivity index (χ1n) is 5.36. The summed E-state index contributed by atoms with van der Waals surface area (Å²) in [4.78, 5) is 26.8. The molecule has 0 saturated heterocycles. The number of nitrogens with zero attached hydrogens (tertiary/aromatic N) is 1. The minimum absolute atomic E-state index is 0.188. The number of carbonyl (C=O) groups excluding carboxylic acids is 1. The van der Waals surface area contributed by atoms with Gasteiger partial charge in [-0.3, -0.25) is 9.78 Å². The first kappa shape index (κ1) is 14.4. The molecule has 2 N–H and O–H groups in total. The molecule has 0 bridgehead atoms. The number of amides is 1. The first-order chi connectivity index (χ1) is 8.23. The van der Waals surface area contributed by atoms with Crippen molar-refractivity contribution in [3.63, 3.8) is 0 Å². The highest BCUT2D eigenvalue weighted by atomic mass is 35.5. The lowest BCUT2D eigenvalue weighted by Crippen LogP contribution is -2.49. The zero-order valence-corrected chi connectivity index (χ0v) is 11.2. The molecule has 98 valence electrons. The fraction of sp³-hybridized carbons (Fsp3) is 0.417. The first-order valence-corrected chi connectivity index (χ1v) is 5.74. The summed E-state index contributed by atoms with van der Waals surface area (Å²) < 4.78 is 0. The van der Waals surface area contributed by atoms with Gasteiger partial charge in [-0.1, -0.05) is 32.4 Å². The van der Waals surface area contributed by atoms with E-state index in [0.29, 0.717) is 0 Å². The van der Waals surface area contributed by atoms with Gasteiger partial charge in [-0.15, -0.1) is 0 Å². The Bertz CT molecular complexity index is 469. The average Bonchev–Trinajstić information content (AvgIpc) is 2.24. The second-order valence-corrected chi connectivity index (χ2v) is 5.37. The van der Waals surface area contributed by atoms with Gasteiger partial charge in [0, 0.05) is 12.4 Å². The zero-order valence-electron chi connectivity index (χ0n) is 10.4. The van der Waals surface area contributed by atoms with E-state index in [1.54, 1.807) is 20.8 Å². The lowest BCUT2D eigenvalue weighted by molar-refractivity contribution is -0.142. The maximum absolute atomic E-state index is 11.9. The molecule has 0 radical (unpaired) electrons. The number of carboxylic acids is 1. The van der Waals surface area contributed by atoms with Crippen molar-refractivity contribution in [3.05, 3.63) is 29.0 Å². The molecule has 0 spiro atoms. The Balaban J connectivity index is 2.93. The summed E-state index contributed by atoms with van der Waals surface area (Å²) in [6.45, 7) is 5.21. The summed E-state index contributed by atoms with van der Waals surface area (Å²) in [5.74, 6) is -1.61. The molecule has 1 amide bonds. The molecule has 0 unspecified atom stereocenters. The number of nitrogens with one attached hydrogen (secondary N) is 1. The van der Waals surface area contributed by atoms with Gasteiger partial charge in [0.15, 0.2) is 0 Å². The molecular weight excluding hydrogens is 256 g/mol. The number of hydrogen-bond acceptors (Lipinski definition) is 3. The van der Waals surface area contributed by atoms with Crippen molar-refractivity contribution in [2.45, 2.75) is 26.8 Å². The van der Waals surface area contributed by atoms with Crippen LogP contribution >= 0.6 is 11.6 Å². The van der Waals surface area contributed by atoms with Crippen molar-refractivity contribution in [2.75, 3.05) is 0 Å². The topological polar surface area (TPSA) is 79.3 Å². The van der Waals surface area contributed by atoms with Gasteiger partial charge in [-0.05, 0) is 11.5 Å². The highest BCUT2D eigenvalue weighted by Crippen LogP contribution is 2.21. The molecular formula is C12H15ClN2O3. The molecule has 0 aromatic carbocycles. The van der Waals surface area contributed by atoms with Crippen molar-refractivity contribution in [1.82, 2.24) is 10.3 Å². The van der Waals surface area contributed by atoms with Gasteiger partial charge < -0.3 is 10.4 Å². The van der Waals surface area contributed by atoms with Crippen molar-refractivity contribution >= 4 is 23.5 Å². The van der Waals surface area contributed by atoms with E-state index in [-0.39, 0.29) is 10.6 Å². The van der Waals surface area contributed by atoms with E-state index in [4.69, 9.17) is 16.7 Å². The summed E-state index contributed by atoms with van der Waals surface area (Å²) in [7, 11) is 0. The van der Waals surface area contributed by atoms with Gasteiger partial charge in [-0.25, -0.2) is 4.79 Å². The van der Waals surface area contributed by atoms with Crippen LogP contribution in [-0.2, 0) is 4.79 Å². The third-order valence-corrected chi connectivity index (χ3v) is 2.71. The second kappa shape index (κ2) is 5.35. The van der Waals surface area contributed by atoms with E-state index in [9.17, 15) is 9.59 Å². The normalized spacial score (nSPS) is 12.9. The summed E-state index contributed by atoms with van der Waals surface area (Å²) in [5, 5.41) is 11.8. The van der Waals surface area contributed by atoms with Crippen LogP contribution in [0.3, 0.4) is 0 Å². The molecule has 0 aliphatic carbocycles. The van der Waals surface area contributed by atoms with Gasteiger partial charge in [-0.2, -0.15) is 0 Å². The predicted molar refractivity (Wildman–Crippen MR) is 67.6 cm³/mol. The Morgan fingerprint density at radius 2 is 2.06 bits per heavy atom. The molecule has 5 nitrogen and oxygen atoms in total. The molecule has 1 aromatic heterocycles. The molecule has 1 heterocycles. The number of aliphatic carboxylic acids is 1. The minimum atomic E-state index is -1.08. The summed E-state index contributed by atoms with van der Waals surface area (Å²) >= 11 is 5.83. The van der Waals surface area contributed by atoms with Crippen LogP contribution in [0.1, 0.15) is 31.1 Å². The predicted octanol–water partition coefficient (Wildman–Crippen LogP) is 1.96. The number of carboxylic acid groups (broad SMARTS) is 1. The Morgan fingerprint density at radius 3 is 2.50 bits per heavy atom. The summed E-state index contributed by atoms with van der Waals surface area (Å²) in [6, 6.07) is 0.452. The maximum atomic E-state index is 11.9. The fourth-order valence-corrected chi connectivity index (χ4v) is 1.62. The van der Waals surface area contributed by atoms with Crippen LogP contribution < -0.4 is 5.32 Å². The van der Waals surface area contributed by atoms with Gasteiger partial charge in [0.1, 0.15) is 6.04 Å². The van der Waals surface area contributed by atoms with Crippen LogP contribution in [-0.4, -0.2) is 28.0 Å². The smallest absolute Gasteiger partial charge is 0.326 e.